The van der Waals surface area contributed by atoms with Crippen molar-refractivity contribution in [3.63, 3.8) is 0 Å². The highest BCUT2D eigenvalue weighted by Crippen LogP contribution is 2.37. The van der Waals surface area contributed by atoms with Gasteiger partial charge in [-0.05, 0) is 24.6 Å². The monoisotopic (exact) mass is 342 g/mol. The highest BCUT2D eigenvalue weighted by Gasteiger charge is 2.17. The van der Waals surface area contributed by atoms with Crippen LogP contribution in [0.1, 0.15) is 17.7 Å². The van der Waals surface area contributed by atoms with Crippen molar-refractivity contribution in [1.82, 2.24) is 10.2 Å². The Balaban J connectivity index is 1.81. The van der Waals surface area contributed by atoms with Crippen molar-refractivity contribution >= 4 is 11.8 Å². The number of hydrogen-bond acceptors (Lipinski definition) is 6. The molecule has 0 unspecified atom stereocenters. The summed E-state index contributed by atoms with van der Waals surface area (Å²) in [5.74, 6) is 1.77. The summed E-state index contributed by atoms with van der Waals surface area (Å²) >= 11 is 1.53. The van der Waals surface area contributed by atoms with Crippen LogP contribution in [-0.2, 0) is 0 Å². The van der Waals surface area contributed by atoms with Crippen LogP contribution in [0.15, 0.2) is 58.2 Å². The lowest BCUT2D eigenvalue weighted by molar-refractivity contribution is 0.393. The lowest BCUT2D eigenvalue weighted by atomic mass is 10.2. The van der Waals surface area contributed by atoms with Crippen LogP contribution in [0.4, 0.5) is 0 Å². The number of methoxy groups -OCH3 is 2. The Kier molecular flexibility index (Phi) is 5.05. The normalized spacial score (nSPS) is 12.0. The minimum atomic E-state index is 0.220. The second-order valence-electron chi connectivity index (χ2n) is 5.11. The first kappa shape index (κ1) is 16.4. The van der Waals surface area contributed by atoms with Gasteiger partial charge >= 0.3 is 0 Å². The average molecular weight is 342 g/mol. The van der Waals surface area contributed by atoms with E-state index in [0.717, 1.165) is 5.56 Å². The molecule has 0 amide bonds. The Morgan fingerprint density at radius 2 is 1.79 bits per heavy atom. The van der Waals surface area contributed by atoms with Gasteiger partial charge in [-0.25, -0.2) is 0 Å². The number of thioether (sulfide) groups is 1. The first-order valence-corrected chi connectivity index (χ1v) is 8.36. The van der Waals surface area contributed by atoms with Gasteiger partial charge in [-0.15, -0.1) is 10.2 Å². The standard InChI is InChI=1S/C18H18N2O3S/c1-12(13-7-5-4-6-8-13)24-18-20-19-17(23-18)15-10-9-14(21-2)11-16(15)22-3/h4-12H,1-3H3/t12-/m1/s1. The molecule has 1 heterocycles. The second-order valence-corrected chi connectivity index (χ2v) is 6.40. The Morgan fingerprint density at radius 3 is 2.50 bits per heavy atom. The van der Waals surface area contributed by atoms with Crippen molar-refractivity contribution < 1.29 is 13.9 Å². The fourth-order valence-electron chi connectivity index (χ4n) is 2.28. The van der Waals surface area contributed by atoms with Gasteiger partial charge in [0.2, 0.25) is 0 Å². The van der Waals surface area contributed by atoms with Gasteiger partial charge in [0.15, 0.2) is 0 Å². The summed E-state index contributed by atoms with van der Waals surface area (Å²) < 4.78 is 16.4. The van der Waals surface area contributed by atoms with Gasteiger partial charge in [0.25, 0.3) is 11.1 Å². The minimum absolute atomic E-state index is 0.220. The van der Waals surface area contributed by atoms with Gasteiger partial charge < -0.3 is 13.9 Å². The molecule has 0 spiro atoms. The summed E-state index contributed by atoms with van der Waals surface area (Å²) in [5.41, 5.74) is 1.95. The molecule has 1 aromatic heterocycles. The van der Waals surface area contributed by atoms with Crippen molar-refractivity contribution in [2.75, 3.05) is 14.2 Å². The van der Waals surface area contributed by atoms with Crippen LogP contribution in [0, 0.1) is 0 Å². The molecule has 0 aliphatic heterocycles. The quantitative estimate of drug-likeness (QED) is 0.610. The van der Waals surface area contributed by atoms with Crippen LogP contribution in [-0.4, -0.2) is 24.4 Å². The lowest BCUT2D eigenvalue weighted by Crippen LogP contribution is -1.90. The van der Waals surface area contributed by atoms with Crippen molar-refractivity contribution in [2.45, 2.75) is 17.4 Å². The number of rotatable bonds is 6. The van der Waals surface area contributed by atoms with E-state index >= 15 is 0 Å². The molecule has 24 heavy (non-hydrogen) atoms. The van der Waals surface area contributed by atoms with Crippen LogP contribution in [0.5, 0.6) is 11.5 Å². The van der Waals surface area contributed by atoms with E-state index in [1.54, 1.807) is 20.3 Å². The van der Waals surface area contributed by atoms with Crippen LogP contribution in [0.3, 0.4) is 0 Å². The molecule has 0 bridgehead atoms. The summed E-state index contributed by atoms with van der Waals surface area (Å²) in [7, 11) is 3.21. The molecule has 1 atom stereocenters. The number of hydrogen-bond donors (Lipinski definition) is 0. The van der Waals surface area contributed by atoms with E-state index in [-0.39, 0.29) is 5.25 Å². The van der Waals surface area contributed by atoms with Crippen LogP contribution in [0.25, 0.3) is 11.5 Å². The largest absolute Gasteiger partial charge is 0.497 e. The zero-order valence-electron chi connectivity index (χ0n) is 13.7. The smallest absolute Gasteiger partial charge is 0.277 e. The molecule has 0 N–H and O–H groups in total. The van der Waals surface area contributed by atoms with Gasteiger partial charge in [0.05, 0.1) is 19.8 Å². The molecule has 0 aliphatic carbocycles. The third kappa shape index (κ3) is 3.54. The van der Waals surface area contributed by atoms with Gasteiger partial charge in [-0.3, -0.25) is 0 Å². The third-order valence-electron chi connectivity index (χ3n) is 3.59. The zero-order chi connectivity index (χ0) is 16.9. The second kappa shape index (κ2) is 7.40. The molecule has 3 rings (SSSR count). The fourth-order valence-corrected chi connectivity index (χ4v) is 3.10. The van der Waals surface area contributed by atoms with E-state index in [1.807, 2.05) is 30.3 Å². The summed E-state index contributed by atoms with van der Waals surface area (Å²) in [5, 5.41) is 9.02. The maximum Gasteiger partial charge on any atom is 0.277 e. The van der Waals surface area contributed by atoms with Crippen LogP contribution >= 0.6 is 11.8 Å². The van der Waals surface area contributed by atoms with Gasteiger partial charge in [0.1, 0.15) is 11.5 Å². The van der Waals surface area contributed by atoms with Crippen molar-refractivity contribution in [3.8, 4) is 23.0 Å². The first-order valence-electron chi connectivity index (χ1n) is 7.48. The summed E-state index contributed by atoms with van der Waals surface area (Å²) in [6, 6.07) is 15.7. The van der Waals surface area contributed by atoms with E-state index in [0.29, 0.717) is 22.6 Å². The van der Waals surface area contributed by atoms with Crippen molar-refractivity contribution in [3.05, 3.63) is 54.1 Å². The molecule has 0 radical (unpaired) electrons. The number of benzene rings is 2. The molecule has 124 valence electrons. The first-order chi connectivity index (χ1) is 11.7. The van der Waals surface area contributed by atoms with E-state index in [1.165, 1.54) is 17.3 Å². The molecule has 3 aromatic rings. The molecule has 6 heteroatoms. The molecule has 2 aromatic carbocycles. The van der Waals surface area contributed by atoms with E-state index in [2.05, 4.69) is 29.3 Å². The average Bonchev–Trinajstić information content (AvgIpc) is 3.10. The Morgan fingerprint density at radius 1 is 1.00 bits per heavy atom. The van der Waals surface area contributed by atoms with Gasteiger partial charge in [-0.2, -0.15) is 0 Å². The van der Waals surface area contributed by atoms with E-state index in [9.17, 15) is 0 Å². The Bertz CT molecular complexity index is 805. The summed E-state index contributed by atoms with van der Waals surface area (Å²) in [6.45, 7) is 2.11. The molecule has 0 aliphatic rings. The number of nitrogens with zero attached hydrogens (tertiary/aromatic N) is 2. The van der Waals surface area contributed by atoms with E-state index in [4.69, 9.17) is 13.9 Å². The molecule has 0 saturated carbocycles. The summed E-state index contributed by atoms with van der Waals surface area (Å²) in [4.78, 5) is 0. The SMILES string of the molecule is COc1ccc(-c2nnc(S[C@H](C)c3ccccc3)o2)c(OC)c1. The van der Waals surface area contributed by atoms with Crippen LogP contribution in [0.2, 0.25) is 0 Å². The number of aromatic nitrogens is 2. The highest BCUT2D eigenvalue weighted by molar-refractivity contribution is 7.99. The molecule has 0 fully saturated rings. The zero-order valence-corrected chi connectivity index (χ0v) is 14.5. The third-order valence-corrected chi connectivity index (χ3v) is 4.58. The van der Waals surface area contributed by atoms with Crippen molar-refractivity contribution in [2.24, 2.45) is 0 Å². The van der Waals surface area contributed by atoms with Gasteiger partial charge in [0, 0.05) is 11.3 Å². The maximum absolute atomic E-state index is 5.80. The topological polar surface area (TPSA) is 57.4 Å². The number of ether oxygens (including phenoxy) is 2. The maximum atomic E-state index is 5.80. The Labute approximate surface area is 145 Å². The lowest BCUT2D eigenvalue weighted by Gasteiger charge is -2.08. The summed E-state index contributed by atoms with van der Waals surface area (Å²) in [6.07, 6.45) is 0. The molecule has 0 saturated heterocycles. The van der Waals surface area contributed by atoms with Crippen molar-refractivity contribution in [1.29, 1.82) is 0 Å². The molecule has 5 nitrogen and oxygen atoms in total. The fraction of sp³-hybridized carbons (Fsp3) is 0.222. The molecular formula is C18H18N2O3S. The van der Waals surface area contributed by atoms with E-state index < -0.39 is 0 Å². The Hall–Kier alpha value is -2.47. The molecular weight excluding hydrogens is 324 g/mol. The minimum Gasteiger partial charge on any atom is -0.497 e. The van der Waals surface area contributed by atoms with Gasteiger partial charge in [-0.1, -0.05) is 42.1 Å². The predicted octanol–water partition coefficient (Wildman–Crippen LogP) is 4.61. The predicted molar refractivity (Wildman–Crippen MR) is 93.6 cm³/mol. The van der Waals surface area contributed by atoms with Crippen LogP contribution < -0.4 is 9.47 Å². The highest BCUT2D eigenvalue weighted by atomic mass is 32.2.